The number of aryl methyl sites for hydroxylation is 1. The van der Waals surface area contributed by atoms with Crippen molar-refractivity contribution in [3.63, 3.8) is 0 Å². The predicted molar refractivity (Wildman–Crippen MR) is 175 cm³/mol. The number of ketones is 1. The fraction of sp³-hybridized carbons (Fsp3) is 0.0513. The van der Waals surface area contributed by atoms with E-state index in [4.69, 9.17) is 0 Å². The number of carbonyl (C=O) groups is 1. The summed E-state index contributed by atoms with van der Waals surface area (Å²) >= 11 is 1.81. The van der Waals surface area contributed by atoms with Gasteiger partial charge in [0.25, 0.3) is 0 Å². The summed E-state index contributed by atoms with van der Waals surface area (Å²) in [5, 5.41) is 2.54. The van der Waals surface area contributed by atoms with Crippen molar-refractivity contribution in [2.75, 3.05) is 0 Å². The van der Waals surface area contributed by atoms with E-state index in [1.165, 1.54) is 42.4 Å². The minimum atomic E-state index is 0.0323. The van der Waals surface area contributed by atoms with Crippen molar-refractivity contribution < 1.29 is 4.79 Å². The molecular weight excluding hydrogens is 516 g/mol. The third-order valence-corrected chi connectivity index (χ3v) is 9.26. The molecule has 0 radical (unpaired) electrons. The second-order valence-electron chi connectivity index (χ2n) is 10.6. The maximum atomic E-state index is 13.8. The molecule has 0 fully saturated rings. The third kappa shape index (κ3) is 4.47. The van der Waals surface area contributed by atoms with Crippen molar-refractivity contribution in [1.29, 1.82) is 0 Å². The highest BCUT2D eigenvalue weighted by atomic mass is 32.1. The van der Waals surface area contributed by atoms with Gasteiger partial charge in [0.2, 0.25) is 0 Å². The van der Waals surface area contributed by atoms with E-state index in [2.05, 4.69) is 111 Å². The molecule has 0 aliphatic heterocycles. The van der Waals surface area contributed by atoms with Crippen LogP contribution in [0, 0.1) is 13.8 Å². The highest BCUT2D eigenvalue weighted by molar-refractivity contribution is 7.26. The largest absolute Gasteiger partial charge is 0.289 e. The van der Waals surface area contributed by atoms with Gasteiger partial charge in [0, 0.05) is 31.3 Å². The highest BCUT2D eigenvalue weighted by Gasteiger charge is 2.15. The molecule has 0 saturated carbocycles. The summed E-state index contributed by atoms with van der Waals surface area (Å²) in [7, 11) is 0. The highest BCUT2D eigenvalue weighted by Crippen LogP contribution is 2.40. The molecule has 0 spiro atoms. The number of fused-ring (bicyclic) bond motifs is 3. The molecule has 0 atom stereocenters. The molecule has 0 aliphatic carbocycles. The van der Waals surface area contributed by atoms with Gasteiger partial charge in [-0.25, -0.2) is 0 Å². The van der Waals surface area contributed by atoms with Crippen LogP contribution in [0.15, 0.2) is 133 Å². The van der Waals surface area contributed by atoms with Crippen molar-refractivity contribution in [3.05, 3.63) is 156 Å². The molecule has 0 N–H and O–H groups in total. The topological polar surface area (TPSA) is 17.1 Å². The van der Waals surface area contributed by atoms with Crippen LogP contribution in [0.25, 0.3) is 53.6 Å². The van der Waals surface area contributed by atoms with E-state index in [1.54, 1.807) is 0 Å². The molecular formula is C39H28OS. The van der Waals surface area contributed by atoms with Crippen molar-refractivity contribution in [1.82, 2.24) is 0 Å². The van der Waals surface area contributed by atoms with Gasteiger partial charge < -0.3 is 0 Å². The van der Waals surface area contributed by atoms with Crippen LogP contribution in [0.5, 0.6) is 0 Å². The first-order valence-electron chi connectivity index (χ1n) is 13.9. The Balaban J connectivity index is 1.26. The Morgan fingerprint density at radius 1 is 0.512 bits per heavy atom. The van der Waals surface area contributed by atoms with Crippen LogP contribution in [-0.2, 0) is 0 Å². The van der Waals surface area contributed by atoms with E-state index < -0.39 is 0 Å². The summed E-state index contributed by atoms with van der Waals surface area (Å²) in [6, 6.07) is 46.0. The van der Waals surface area contributed by atoms with E-state index in [-0.39, 0.29) is 5.78 Å². The lowest BCUT2D eigenvalue weighted by molar-refractivity contribution is 0.103. The van der Waals surface area contributed by atoms with Crippen LogP contribution in [0.1, 0.15) is 27.0 Å². The number of rotatable bonds is 5. The van der Waals surface area contributed by atoms with Crippen molar-refractivity contribution >= 4 is 37.3 Å². The van der Waals surface area contributed by atoms with Crippen molar-refractivity contribution in [2.24, 2.45) is 0 Å². The maximum Gasteiger partial charge on any atom is 0.193 e. The fourth-order valence-corrected chi connectivity index (χ4v) is 7.15. The molecule has 1 heterocycles. The Hall–Kier alpha value is -4.79. The van der Waals surface area contributed by atoms with Gasteiger partial charge >= 0.3 is 0 Å². The molecule has 0 bridgehead atoms. The Morgan fingerprint density at radius 2 is 1.07 bits per heavy atom. The number of thiophene rings is 1. The first-order valence-corrected chi connectivity index (χ1v) is 14.7. The van der Waals surface area contributed by atoms with Gasteiger partial charge in [0.05, 0.1) is 0 Å². The number of benzene rings is 6. The summed E-state index contributed by atoms with van der Waals surface area (Å²) in [6.45, 7) is 4.32. The quantitative estimate of drug-likeness (QED) is 0.197. The van der Waals surface area contributed by atoms with E-state index in [9.17, 15) is 4.79 Å². The predicted octanol–water partition coefficient (Wildman–Crippen LogP) is 10.9. The number of carbonyl (C=O) groups excluding carboxylic acids is 1. The molecule has 196 valence electrons. The molecule has 7 aromatic rings. The summed E-state index contributed by atoms with van der Waals surface area (Å²) in [5.41, 5.74) is 10.7. The van der Waals surface area contributed by atoms with Crippen LogP contribution in [0.3, 0.4) is 0 Å². The Kier molecular flexibility index (Phi) is 6.34. The van der Waals surface area contributed by atoms with Gasteiger partial charge in [-0.2, -0.15) is 0 Å². The van der Waals surface area contributed by atoms with Gasteiger partial charge in [-0.05, 0) is 76.6 Å². The van der Waals surface area contributed by atoms with Gasteiger partial charge in [-0.15, -0.1) is 11.3 Å². The third-order valence-electron chi connectivity index (χ3n) is 8.04. The molecule has 1 aromatic heterocycles. The van der Waals surface area contributed by atoms with E-state index in [0.29, 0.717) is 11.1 Å². The van der Waals surface area contributed by atoms with Gasteiger partial charge in [-0.3, -0.25) is 4.79 Å². The molecule has 0 unspecified atom stereocenters. The van der Waals surface area contributed by atoms with Crippen molar-refractivity contribution in [2.45, 2.75) is 13.8 Å². The average molecular weight is 545 g/mol. The Labute approximate surface area is 244 Å². The van der Waals surface area contributed by atoms with Gasteiger partial charge in [0.1, 0.15) is 0 Å². The summed E-state index contributed by atoms with van der Waals surface area (Å²) < 4.78 is 2.53. The lowest BCUT2D eigenvalue weighted by atomic mass is 9.90. The average Bonchev–Trinajstić information content (AvgIpc) is 3.40. The van der Waals surface area contributed by atoms with Crippen molar-refractivity contribution in [3.8, 4) is 33.4 Å². The lowest BCUT2D eigenvalue weighted by Crippen LogP contribution is -2.02. The van der Waals surface area contributed by atoms with E-state index in [1.807, 2.05) is 47.7 Å². The van der Waals surface area contributed by atoms with Crippen LogP contribution in [0.2, 0.25) is 0 Å². The fourth-order valence-electron chi connectivity index (χ4n) is 5.91. The molecule has 0 amide bonds. The summed E-state index contributed by atoms with van der Waals surface area (Å²) in [6.07, 6.45) is 0. The van der Waals surface area contributed by atoms with Crippen LogP contribution in [-0.4, -0.2) is 5.78 Å². The standard InChI is InChI=1S/C39H28OS/c1-25-11-3-4-16-31(25)33-19-9-18-32(26(33)2)27-12-7-14-29(23-27)38(40)30-15-8-13-28(24-30)34-20-10-21-36-35-17-5-6-22-37(35)41-39(34)36/h3-24H,1-2H3. The van der Waals surface area contributed by atoms with Crippen LogP contribution in [0.4, 0.5) is 0 Å². The monoisotopic (exact) mass is 544 g/mol. The smallest absolute Gasteiger partial charge is 0.193 e. The molecule has 2 heteroatoms. The maximum absolute atomic E-state index is 13.8. The van der Waals surface area contributed by atoms with Gasteiger partial charge in [-0.1, -0.05) is 115 Å². The number of hydrogen-bond donors (Lipinski definition) is 0. The summed E-state index contributed by atoms with van der Waals surface area (Å²) in [5.74, 6) is 0.0323. The normalized spacial score (nSPS) is 11.3. The SMILES string of the molecule is Cc1ccccc1-c1cccc(-c2cccc(C(=O)c3cccc(-c4cccc5c4sc4ccccc45)c3)c2)c1C. The lowest BCUT2D eigenvalue weighted by Gasteiger charge is -2.14. The Morgan fingerprint density at radius 3 is 1.85 bits per heavy atom. The van der Waals surface area contributed by atoms with Crippen LogP contribution < -0.4 is 0 Å². The molecule has 6 aromatic carbocycles. The molecule has 1 nitrogen and oxygen atoms in total. The minimum absolute atomic E-state index is 0.0323. The zero-order valence-corrected chi connectivity index (χ0v) is 23.8. The number of hydrogen-bond acceptors (Lipinski definition) is 2. The van der Waals surface area contributed by atoms with Gasteiger partial charge in [0.15, 0.2) is 5.78 Å². The van der Waals surface area contributed by atoms with E-state index in [0.717, 1.165) is 22.3 Å². The zero-order chi connectivity index (χ0) is 27.9. The zero-order valence-electron chi connectivity index (χ0n) is 23.0. The summed E-state index contributed by atoms with van der Waals surface area (Å²) in [4.78, 5) is 13.8. The molecule has 7 rings (SSSR count). The molecule has 0 saturated heterocycles. The molecule has 0 aliphatic rings. The minimum Gasteiger partial charge on any atom is -0.289 e. The van der Waals surface area contributed by atoms with E-state index >= 15 is 0 Å². The first kappa shape index (κ1) is 25.2. The second-order valence-corrected chi connectivity index (χ2v) is 11.6. The Bertz CT molecular complexity index is 2100. The first-order chi connectivity index (χ1) is 20.1. The second kappa shape index (κ2) is 10.3. The van der Waals surface area contributed by atoms with Crippen LogP contribution >= 0.6 is 11.3 Å². The molecule has 41 heavy (non-hydrogen) atoms.